The smallest absolute Gasteiger partial charge is 0.412 e. The molecule has 166 valence electrons. The molecule has 0 atom stereocenters. The Bertz CT molecular complexity index is 943. The van der Waals surface area contributed by atoms with E-state index in [9.17, 15) is 18.8 Å². The highest BCUT2D eigenvalue weighted by atomic mass is 35.5. The first-order valence-electron chi connectivity index (χ1n) is 9.67. The summed E-state index contributed by atoms with van der Waals surface area (Å²) in [6, 6.07) is 10.0. The monoisotopic (exact) mass is 449 g/mol. The van der Waals surface area contributed by atoms with Crippen LogP contribution in [0.1, 0.15) is 44.0 Å². The van der Waals surface area contributed by atoms with Crippen LogP contribution in [0.3, 0.4) is 0 Å². The number of carbonyl (C=O) groups excluding carboxylic acids is 3. The molecule has 0 fully saturated rings. The summed E-state index contributed by atoms with van der Waals surface area (Å²) in [5, 5.41) is 8.31. The summed E-state index contributed by atoms with van der Waals surface area (Å²) in [5.74, 6) is -1.23. The van der Waals surface area contributed by atoms with Crippen molar-refractivity contribution >= 4 is 40.9 Å². The van der Waals surface area contributed by atoms with Gasteiger partial charge < -0.3 is 15.4 Å². The van der Waals surface area contributed by atoms with E-state index in [0.717, 1.165) is 12.1 Å². The summed E-state index contributed by atoms with van der Waals surface area (Å²) < 4.78 is 18.8. The molecule has 0 aliphatic rings. The second-order valence-electron chi connectivity index (χ2n) is 7.73. The Morgan fingerprint density at radius 3 is 2.32 bits per heavy atom. The van der Waals surface area contributed by atoms with Gasteiger partial charge in [-0.15, -0.1) is 0 Å². The van der Waals surface area contributed by atoms with Gasteiger partial charge in [-0.2, -0.15) is 0 Å². The van der Waals surface area contributed by atoms with Gasteiger partial charge in [-0.3, -0.25) is 14.9 Å². The molecule has 0 aliphatic carbocycles. The second-order valence-corrected chi connectivity index (χ2v) is 8.17. The molecule has 0 heterocycles. The predicted octanol–water partition coefficient (Wildman–Crippen LogP) is 4.97. The third-order valence-corrected chi connectivity index (χ3v) is 4.12. The minimum absolute atomic E-state index is 0.0866. The molecule has 3 N–H and O–H groups in total. The number of nitrogens with one attached hydrogen (secondary N) is 3. The van der Waals surface area contributed by atoms with Crippen LogP contribution in [0.15, 0.2) is 42.5 Å². The number of anilines is 2. The molecule has 0 bridgehead atoms. The van der Waals surface area contributed by atoms with Crippen molar-refractivity contribution in [2.24, 2.45) is 0 Å². The van der Waals surface area contributed by atoms with Gasteiger partial charge in [0.15, 0.2) is 0 Å². The van der Waals surface area contributed by atoms with Gasteiger partial charge in [0.25, 0.3) is 5.91 Å². The molecule has 0 saturated carbocycles. The lowest BCUT2D eigenvalue weighted by Gasteiger charge is -2.20. The van der Waals surface area contributed by atoms with Crippen LogP contribution in [-0.2, 0) is 9.53 Å². The predicted molar refractivity (Wildman–Crippen MR) is 118 cm³/mol. The van der Waals surface area contributed by atoms with Gasteiger partial charge in [-0.05, 0) is 69.7 Å². The fraction of sp³-hybridized carbons (Fsp3) is 0.318. The van der Waals surface area contributed by atoms with Crippen molar-refractivity contribution in [1.29, 1.82) is 0 Å². The topological polar surface area (TPSA) is 96.5 Å². The van der Waals surface area contributed by atoms with Crippen molar-refractivity contribution in [2.45, 2.75) is 39.2 Å². The van der Waals surface area contributed by atoms with Gasteiger partial charge in [0.05, 0.1) is 11.4 Å². The summed E-state index contributed by atoms with van der Waals surface area (Å²) in [7, 11) is 0. The maximum Gasteiger partial charge on any atom is 0.412 e. The molecular formula is C22H25ClFN3O4. The number of halogens is 2. The summed E-state index contributed by atoms with van der Waals surface area (Å²) in [6.45, 7) is 5.42. The van der Waals surface area contributed by atoms with E-state index in [4.69, 9.17) is 16.3 Å². The Hall–Kier alpha value is -3.13. The van der Waals surface area contributed by atoms with Gasteiger partial charge in [0.2, 0.25) is 5.91 Å². The Balaban J connectivity index is 1.85. The first-order valence-corrected chi connectivity index (χ1v) is 10.0. The lowest BCUT2D eigenvalue weighted by Crippen LogP contribution is -2.28. The molecule has 3 amide bonds. The Labute approximate surface area is 185 Å². The number of rotatable bonds is 7. The van der Waals surface area contributed by atoms with Crippen LogP contribution in [0, 0.1) is 5.82 Å². The Morgan fingerprint density at radius 1 is 1.00 bits per heavy atom. The minimum Gasteiger partial charge on any atom is -0.444 e. The average molecular weight is 450 g/mol. The second kappa shape index (κ2) is 10.8. The summed E-state index contributed by atoms with van der Waals surface area (Å²) in [5.41, 5.74) is 0.0804. The summed E-state index contributed by atoms with van der Waals surface area (Å²) >= 11 is 5.79. The number of ether oxygens (including phenoxy) is 1. The van der Waals surface area contributed by atoms with Crippen molar-refractivity contribution in [1.82, 2.24) is 5.32 Å². The molecule has 0 radical (unpaired) electrons. The van der Waals surface area contributed by atoms with E-state index >= 15 is 0 Å². The number of amides is 3. The Kier molecular flexibility index (Phi) is 8.38. The van der Waals surface area contributed by atoms with Crippen LogP contribution in [0.25, 0.3) is 0 Å². The third-order valence-electron chi connectivity index (χ3n) is 3.86. The SMILES string of the molecule is CC(C)(C)OC(=O)Nc1ccc(F)cc1NC(=O)CCCNC(=O)c1ccc(Cl)cc1. The first kappa shape index (κ1) is 24.1. The largest absolute Gasteiger partial charge is 0.444 e. The van der Waals surface area contributed by atoms with E-state index in [-0.39, 0.29) is 30.2 Å². The van der Waals surface area contributed by atoms with Crippen molar-refractivity contribution < 1.29 is 23.5 Å². The van der Waals surface area contributed by atoms with E-state index in [1.165, 1.54) is 6.07 Å². The van der Waals surface area contributed by atoms with E-state index in [2.05, 4.69) is 16.0 Å². The van der Waals surface area contributed by atoms with Gasteiger partial charge in [0, 0.05) is 23.6 Å². The zero-order valence-corrected chi connectivity index (χ0v) is 18.3. The lowest BCUT2D eigenvalue weighted by atomic mass is 10.2. The van der Waals surface area contributed by atoms with Gasteiger partial charge >= 0.3 is 6.09 Å². The number of carbonyl (C=O) groups is 3. The fourth-order valence-electron chi connectivity index (χ4n) is 2.51. The molecule has 7 nitrogen and oxygen atoms in total. The molecule has 2 rings (SSSR count). The third kappa shape index (κ3) is 8.64. The highest BCUT2D eigenvalue weighted by Crippen LogP contribution is 2.24. The van der Waals surface area contributed by atoms with E-state index < -0.39 is 23.4 Å². The molecule has 0 aromatic heterocycles. The molecular weight excluding hydrogens is 425 g/mol. The zero-order chi connectivity index (χ0) is 23.0. The molecule has 2 aromatic rings. The van der Waals surface area contributed by atoms with Crippen LogP contribution >= 0.6 is 11.6 Å². The van der Waals surface area contributed by atoms with Crippen LogP contribution in [0.2, 0.25) is 5.02 Å². The molecule has 31 heavy (non-hydrogen) atoms. The molecule has 2 aromatic carbocycles. The van der Waals surface area contributed by atoms with Gasteiger partial charge in [-0.25, -0.2) is 9.18 Å². The van der Waals surface area contributed by atoms with Crippen molar-refractivity contribution in [2.75, 3.05) is 17.2 Å². The normalized spacial score (nSPS) is 10.9. The molecule has 0 aliphatic heterocycles. The molecule has 0 saturated heterocycles. The summed E-state index contributed by atoms with van der Waals surface area (Å²) in [4.78, 5) is 36.2. The van der Waals surface area contributed by atoms with E-state index in [1.54, 1.807) is 45.0 Å². The van der Waals surface area contributed by atoms with Crippen LogP contribution in [-0.4, -0.2) is 30.1 Å². The van der Waals surface area contributed by atoms with E-state index in [0.29, 0.717) is 17.0 Å². The lowest BCUT2D eigenvalue weighted by molar-refractivity contribution is -0.116. The minimum atomic E-state index is -0.723. The first-order chi connectivity index (χ1) is 14.5. The maximum absolute atomic E-state index is 13.6. The summed E-state index contributed by atoms with van der Waals surface area (Å²) in [6.07, 6.45) is -0.266. The highest BCUT2D eigenvalue weighted by Gasteiger charge is 2.18. The van der Waals surface area contributed by atoms with Crippen molar-refractivity contribution in [3.63, 3.8) is 0 Å². The van der Waals surface area contributed by atoms with Gasteiger partial charge in [0.1, 0.15) is 11.4 Å². The van der Waals surface area contributed by atoms with Gasteiger partial charge in [-0.1, -0.05) is 11.6 Å². The highest BCUT2D eigenvalue weighted by molar-refractivity contribution is 6.30. The molecule has 9 heteroatoms. The standard InChI is InChI=1S/C22H25ClFN3O4/c1-22(2,3)31-21(30)27-17-11-10-16(24)13-18(17)26-19(28)5-4-12-25-20(29)14-6-8-15(23)9-7-14/h6-11,13H,4-5,12H2,1-3H3,(H,25,29)(H,26,28)(H,27,30). The average Bonchev–Trinajstić information content (AvgIpc) is 2.66. The number of hydrogen-bond donors (Lipinski definition) is 3. The van der Waals surface area contributed by atoms with Crippen LogP contribution < -0.4 is 16.0 Å². The van der Waals surface area contributed by atoms with Crippen LogP contribution in [0.4, 0.5) is 20.6 Å². The fourth-order valence-corrected chi connectivity index (χ4v) is 2.64. The molecule has 0 spiro atoms. The Morgan fingerprint density at radius 2 is 1.68 bits per heavy atom. The van der Waals surface area contributed by atoms with E-state index in [1.807, 2.05) is 0 Å². The number of hydrogen-bond acceptors (Lipinski definition) is 4. The maximum atomic E-state index is 13.6. The van der Waals surface area contributed by atoms with Crippen molar-refractivity contribution in [3.05, 3.63) is 58.9 Å². The van der Waals surface area contributed by atoms with Crippen LogP contribution in [0.5, 0.6) is 0 Å². The molecule has 0 unspecified atom stereocenters. The number of benzene rings is 2. The quantitative estimate of drug-likeness (QED) is 0.519. The zero-order valence-electron chi connectivity index (χ0n) is 17.6. The van der Waals surface area contributed by atoms with Crippen molar-refractivity contribution in [3.8, 4) is 0 Å².